The van der Waals surface area contributed by atoms with Gasteiger partial charge in [0.15, 0.2) is 11.5 Å². The van der Waals surface area contributed by atoms with Crippen LogP contribution in [0.4, 0.5) is 0 Å². The number of carbonyl (C=O) groups is 1. The van der Waals surface area contributed by atoms with Gasteiger partial charge < -0.3 is 14.6 Å². The van der Waals surface area contributed by atoms with Crippen LogP contribution in [0.3, 0.4) is 0 Å². The first kappa shape index (κ1) is 19.6. The first-order chi connectivity index (χ1) is 12.0. The molecule has 5 nitrogen and oxygen atoms in total. The van der Waals surface area contributed by atoms with Gasteiger partial charge in [0.1, 0.15) is 0 Å². The Morgan fingerprint density at radius 1 is 1.24 bits per heavy atom. The molecule has 1 N–H and O–H groups in total. The maximum absolute atomic E-state index is 11.3. The van der Waals surface area contributed by atoms with Gasteiger partial charge >= 0.3 is 5.97 Å². The van der Waals surface area contributed by atoms with Crippen LogP contribution < -0.4 is 9.47 Å². The van der Waals surface area contributed by atoms with Crippen LogP contribution in [0.15, 0.2) is 18.2 Å². The SMILES string of the molecule is CCCCOc1ccc(CN2CC(C)CC(C(=O)O)C2)cc1OCC. The highest BCUT2D eigenvalue weighted by atomic mass is 16.5. The molecule has 1 aliphatic heterocycles. The fraction of sp³-hybridized carbons (Fsp3) is 0.650. The molecule has 140 valence electrons. The van der Waals surface area contributed by atoms with Crippen LogP contribution in [0.5, 0.6) is 11.5 Å². The Morgan fingerprint density at radius 3 is 2.72 bits per heavy atom. The molecule has 5 heteroatoms. The number of piperidine rings is 1. The summed E-state index contributed by atoms with van der Waals surface area (Å²) in [6.07, 6.45) is 2.88. The lowest BCUT2D eigenvalue weighted by Crippen LogP contribution is -2.41. The second-order valence-corrected chi connectivity index (χ2v) is 6.99. The molecule has 0 spiro atoms. The minimum Gasteiger partial charge on any atom is -0.490 e. The van der Waals surface area contributed by atoms with Gasteiger partial charge in [-0.3, -0.25) is 9.69 Å². The zero-order valence-electron chi connectivity index (χ0n) is 15.7. The maximum Gasteiger partial charge on any atom is 0.307 e. The first-order valence-corrected chi connectivity index (χ1v) is 9.37. The van der Waals surface area contributed by atoms with Crippen LogP contribution >= 0.6 is 0 Å². The Balaban J connectivity index is 2.05. The molecule has 0 aromatic heterocycles. The number of hydrogen-bond donors (Lipinski definition) is 1. The Kier molecular flexibility index (Phi) is 7.56. The lowest BCUT2D eigenvalue weighted by atomic mass is 9.90. The number of ether oxygens (including phenoxy) is 2. The van der Waals surface area contributed by atoms with Crippen molar-refractivity contribution in [2.75, 3.05) is 26.3 Å². The largest absolute Gasteiger partial charge is 0.490 e. The van der Waals surface area contributed by atoms with E-state index in [2.05, 4.69) is 24.8 Å². The topological polar surface area (TPSA) is 59.0 Å². The van der Waals surface area contributed by atoms with E-state index in [0.717, 1.165) is 49.4 Å². The second kappa shape index (κ2) is 9.66. The summed E-state index contributed by atoms with van der Waals surface area (Å²) in [4.78, 5) is 13.6. The van der Waals surface area contributed by atoms with Crippen LogP contribution in [0, 0.1) is 11.8 Å². The number of nitrogens with zero attached hydrogens (tertiary/aromatic N) is 1. The van der Waals surface area contributed by atoms with Crippen molar-refractivity contribution in [3.63, 3.8) is 0 Å². The Hall–Kier alpha value is -1.75. The van der Waals surface area contributed by atoms with E-state index in [4.69, 9.17) is 9.47 Å². The highest BCUT2D eigenvalue weighted by molar-refractivity contribution is 5.70. The zero-order chi connectivity index (χ0) is 18.2. The van der Waals surface area contributed by atoms with E-state index in [-0.39, 0.29) is 5.92 Å². The molecule has 1 aliphatic rings. The van der Waals surface area contributed by atoms with Crippen LogP contribution in [0.1, 0.15) is 45.6 Å². The summed E-state index contributed by atoms with van der Waals surface area (Å²) in [5, 5.41) is 9.33. The van der Waals surface area contributed by atoms with Crippen molar-refractivity contribution < 1.29 is 19.4 Å². The monoisotopic (exact) mass is 349 g/mol. The van der Waals surface area contributed by atoms with Crippen molar-refractivity contribution in [3.05, 3.63) is 23.8 Å². The van der Waals surface area contributed by atoms with Crippen molar-refractivity contribution in [2.24, 2.45) is 11.8 Å². The smallest absolute Gasteiger partial charge is 0.307 e. The molecule has 1 aromatic carbocycles. The average molecular weight is 349 g/mol. The molecule has 1 heterocycles. The molecule has 0 radical (unpaired) electrons. The van der Waals surface area contributed by atoms with Crippen molar-refractivity contribution in [1.29, 1.82) is 0 Å². The van der Waals surface area contributed by atoms with E-state index >= 15 is 0 Å². The first-order valence-electron chi connectivity index (χ1n) is 9.37. The van der Waals surface area contributed by atoms with Crippen molar-refractivity contribution in [3.8, 4) is 11.5 Å². The average Bonchev–Trinajstić information content (AvgIpc) is 2.56. The third-order valence-corrected chi connectivity index (χ3v) is 4.55. The van der Waals surface area contributed by atoms with Gasteiger partial charge in [0.25, 0.3) is 0 Å². The Labute approximate surface area is 150 Å². The molecule has 1 saturated heterocycles. The zero-order valence-corrected chi connectivity index (χ0v) is 15.7. The second-order valence-electron chi connectivity index (χ2n) is 6.99. The molecule has 0 aliphatic carbocycles. The number of unbranched alkanes of at least 4 members (excludes halogenated alkanes) is 1. The molecule has 2 rings (SSSR count). The van der Waals surface area contributed by atoms with Crippen LogP contribution in [-0.4, -0.2) is 42.3 Å². The standard InChI is InChI=1S/C20H31NO4/c1-4-6-9-25-18-8-7-16(11-19(18)24-5-2)13-21-12-15(3)10-17(14-21)20(22)23/h7-8,11,15,17H,4-6,9-10,12-14H2,1-3H3,(H,22,23). The van der Waals surface area contributed by atoms with Gasteiger partial charge in [0.05, 0.1) is 19.1 Å². The number of likely N-dealkylation sites (tertiary alicyclic amines) is 1. The van der Waals surface area contributed by atoms with Crippen LogP contribution in [-0.2, 0) is 11.3 Å². The molecule has 1 fully saturated rings. The van der Waals surface area contributed by atoms with E-state index in [9.17, 15) is 9.90 Å². The van der Waals surface area contributed by atoms with Gasteiger partial charge in [-0.15, -0.1) is 0 Å². The number of carboxylic acids is 1. The number of carboxylic acid groups (broad SMARTS) is 1. The fourth-order valence-corrected chi connectivity index (χ4v) is 3.39. The molecule has 25 heavy (non-hydrogen) atoms. The Bertz CT molecular complexity index is 561. The van der Waals surface area contributed by atoms with Crippen LogP contribution in [0.2, 0.25) is 0 Å². The normalized spacial score (nSPS) is 21.1. The van der Waals surface area contributed by atoms with Crippen molar-refractivity contribution in [1.82, 2.24) is 4.90 Å². The molecular formula is C20H31NO4. The van der Waals surface area contributed by atoms with Gasteiger partial charge in [-0.1, -0.05) is 26.3 Å². The van der Waals surface area contributed by atoms with E-state index in [0.29, 0.717) is 25.7 Å². The summed E-state index contributed by atoms with van der Waals surface area (Å²) in [7, 11) is 0. The molecule has 0 bridgehead atoms. The van der Waals surface area contributed by atoms with E-state index in [1.807, 2.05) is 19.1 Å². The lowest BCUT2D eigenvalue weighted by molar-refractivity contribution is -0.144. The highest BCUT2D eigenvalue weighted by Gasteiger charge is 2.29. The summed E-state index contributed by atoms with van der Waals surface area (Å²) in [5.41, 5.74) is 1.13. The van der Waals surface area contributed by atoms with E-state index in [1.165, 1.54) is 0 Å². The van der Waals surface area contributed by atoms with Gasteiger partial charge in [-0.2, -0.15) is 0 Å². The van der Waals surface area contributed by atoms with Crippen molar-refractivity contribution in [2.45, 2.75) is 46.6 Å². The molecule has 0 amide bonds. The minimum absolute atomic E-state index is 0.272. The summed E-state index contributed by atoms with van der Waals surface area (Å²) < 4.78 is 11.6. The van der Waals surface area contributed by atoms with Gasteiger partial charge in [-0.05, 0) is 43.4 Å². The number of benzene rings is 1. The molecule has 1 aromatic rings. The highest BCUT2D eigenvalue weighted by Crippen LogP contribution is 2.30. The fourth-order valence-electron chi connectivity index (χ4n) is 3.39. The summed E-state index contributed by atoms with van der Waals surface area (Å²) in [6.45, 7) is 9.80. The third-order valence-electron chi connectivity index (χ3n) is 4.55. The van der Waals surface area contributed by atoms with E-state index < -0.39 is 5.97 Å². The van der Waals surface area contributed by atoms with Gasteiger partial charge in [-0.25, -0.2) is 0 Å². The summed E-state index contributed by atoms with van der Waals surface area (Å²) in [5.74, 6) is 1.00. The van der Waals surface area contributed by atoms with Crippen molar-refractivity contribution >= 4 is 5.97 Å². The van der Waals surface area contributed by atoms with Crippen LogP contribution in [0.25, 0.3) is 0 Å². The predicted molar refractivity (Wildman–Crippen MR) is 98.2 cm³/mol. The Morgan fingerprint density at radius 2 is 2.04 bits per heavy atom. The third kappa shape index (κ3) is 5.92. The molecule has 2 atom stereocenters. The maximum atomic E-state index is 11.3. The quantitative estimate of drug-likeness (QED) is 0.687. The van der Waals surface area contributed by atoms with Gasteiger partial charge in [0.2, 0.25) is 0 Å². The summed E-state index contributed by atoms with van der Waals surface area (Å²) >= 11 is 0. The van der Waals surface area contributed by atoms with E-state index in [1.54, 1.807) is 0 Å². The number of rotatable bonds is 9. The number of hydrogen-bond acceptors (Lipinski definition) is 4. The van der Waals surface area contributed by atoms with Gasteiger partial charge in [0, 0.05) is 19.6 Å². The minimum atomic E-state index is -0.689. The molecule has 2 unspecified atom stereocenters. The summed E-state index contributed by atoms with van der Waals surface area (Å²) in [6, 6.07) is 6.05. The predicted octanol–water partition coefficient (Wildman–Crippen LogP) is 3.81. The molecule has 0 saturated carbocycles. The lowest BCUT2D eigenvalue weighted by Gasteiger charge is -2.34. The molecular weight excluding hydrogens is 318 g/mol. The number of aliphatic carboxylic acids is 1.